The van der Waals surface area contributed by atoms with Crippen LogP contribution in [0.5, 0.6) is 5.75 Å². The highest BCUT2D eigenvalue weighted by molar-refractivity contribution is 6.05. The number of nitrogens with zero attached hydrogens (tertiary/aromatic N) is 1. The Morgan fingerprint density at radius 2 is 1.93 bits per heavy atom. The molecule has 6 heteroatoms. The predicted molar refractivity (Wildman–Crippen MR) is 109 cm³/mol. The predicted octanol–water partition coefficient (Wildman–Crippen LogP) is 2.72. The van der Waals surface area contributed by atoms with Crippen molar-refractivity contribution >= 4 is 23.3 Å². The monoisotopic (exact) mass is 403 g/mol. The zero-order valence-electron chi connectivity index (χ0n) is 16.4. The molecule has 3 fully saturated rings. The van der Waals surface area contributed by atoms with Gasteiger partial charge in [0.2, 0.25) is 6.29 Å². The van der Waals surface area contributed by atoms with E-state index in [0.717, 1.165) is 11.3 Å². The number of ether oxygens (including phenoxy) is 3. The van der Waals surface area contributed by atoms with E-state index in [4.69, 9.17) is 14.2 Å². The summed E-state index contributed by atoms with van der Waals surface area (Å²) in [6.07, 6.45) is 3.04. The fourth-order valence-corrected chi connectivity index (χ4v) is 5.50. The van der Waals surface area contributed by atoms with Crippen LogP contribution in [0.4, 0.5) is 5.69 Å². The third-order valence-corrected chi connectivity index (χ3v) is 6.80. The third-order valence-electron chi connectivity index (χ3n) is 6.80. The molecule has 6 nitrogen and oxygen atoms in total. The molecule has 6 atom stereocenters. The molecule has 2 bridgehead atoms. The molecule has 0 amide bonds. The van der Waals surface area contributed by atoms with Gasteiger partial charge in [0.15, 0.2) is 11.6 Å². The average molecular weight is 403 g/mol. The number of hydrogen-bond acceptors (Lipinski definition) is 6. The molecule has 4 heterocycles. The molecule has 0 saturated carbocycles. The van der Waals surface area contributed by atoms with Crippen molar-refractivity contribution in [2.24, 2.45) is 11.8 Å². The van der Waals surface area contributed by atoms with Crippen LogP contribution < -0.4 is 9.64 Å². The Labute approximate surface area is 174 Å². The summed E-state index contributed by atoms with van der Waals surface area (Å²) in [4.78, 5) is 29.2. The minimum absolute atomic E-state index is 0.0120. The number of carbonyl (C=O) groups is 2. The molecule has 0 aromatic heterocycles. The largest absolute Gasteiger partial charge is 0.497 e. The van der Waals surface area contributed by atoms with Gasteiger partial charge in [0.05, 0.1) is 37.8 Å². The maximum atomic E-state index is 13.8. The molecule has 0 spiro atoms. The second-order valence-corrected chi connectivity index (χ2v) is 8.20. The van der Waals surface area contributed by atoms with Gasteiger partial charge >= 0.3 is 0 Å². The number of carbonyl (C=O) groups excluding carboxylic acids is 2. The van der Waals surface area contributed by atoms with E-state index < -0.39 is 12.3 Å². The topological polar surface area (TPSA) is 65.1 Å². The number of ketones is 2. The zero-order valence-corrected chi connectivity index (χ0v) is 16.4. The Balaban J connectivity index is 1.49. The summed E-state index contributed by atoms with van der Waals surface area (Å²) in [7, 11) is 1.60. The Kier molecular flexibility index (Phi) is 3.88. The molecule has 0 unspecified atom stereocenters. The molecular formula is C24H21NO5. The van der Waals surface area contributed by atoms with Crippen LogP contribution in [-0.4, -0.2) is 49.8 Å². The van der Waals surface area contributed by atoms with E-state index in [2.05, 4.69) is 17.1 Å². The molecule has 152 valence electrons. The summed E-state index contributed by atoms with van der Waals surface area (Å²) in [5.41, 5.74) is 2.63. The highest BCUT2D eigenvalue weighted by Gasteiger charge is 2.63. The Morgan fingerprint density at radius 1 is 1.13 bits per heavy atom. The second kappa shape index (κ2) is 6.52. The van der Waals surface area contributed by atoms with Crippen molar-refractivity contribution in [3.8, 4) is 5.75 Å². The summed E-state index contributed by atoms with van der Waals surface area (Å²) < 4.78 is 16.7. The quantitative estimate of drug-likeness (QED) is 0.735. The SMILES string of the molecule is COc1ccc(C(=O)[C@@H]2[C@H]3[C@H](C(=O)[C@H]4OC[C@@H]3O4)[C@H]3C=Cc4ccccc4N32)cc1. The first-order valence-corrected chi connectivity index (χ1v) is 10.2. The van der Waals surface area contributed by atoms with Crippen LogP contribution in [0.25, 0.3) is 6.08 Å². The smallest absolute Gasteiger partial charge is 0.218 e. The lowest BCUT2D eigenvalue weighted by molar-refractivity contribution is -0.163. The normalized spacial score (nSPS) is 33.1. The minimum atomic E-state index is -0.807. The second-order valence-electron chi connectivity index (χ2n) is 8.20. The number of methoxy groups -OCH3 is 1. The first kappa shape index (κ1) is 17.9. The Morgan fingerprint density at radius 3 is 2.73 bits per heavy atom. The standard InChI is InChI=1S/C24H21NO5/c1-28-15-9-6-14(7-10-15)22(26)21-20-18-12-29-24(30-18)23(27)19(20)17-11-8-13-4-2-3-5-16(13)25(17)21/h2-11,17-21,24H,12H2,1H3/t17-,18+,19-,20-,21+,24+/m1/s1. The molecule has 0 N–H and O–H groups in total. The molecule has 4 aliphatic heterocycles. The van der Waals surface area contributed by atoms with Gasteiger partial charge in [0, 0.05) is 17.2 Å². The van der Waals surface area contributed by atoms with Crippen molar-refractivity contribution in [2.45, 2.75) is 24.5 Å². The van der Waals surface area contributed by atoms with Gasteiger partial charge in [0.25, 0.3) is 0 Å². The number of anilines is 1. The van der Waals surface area contributed by atoms with Gasteiger partial charge in [0.1, 0.15) is 5.75 Å². The van der Waals surface area contributed by atoms with Crippen LogP contribution in [0.15, 0.2) is 54.6 Å². The fraction of sp³-hybridized carbons (Fsp3) is 0.333. The third kappa shape index (κ3) is 2.38. The van der Waals surface area contributed by atoms with Crippen molar-refractivity contribution < 1.29 is 23.8 Å². The van der Waals surface area contributed by atoms with Crippen molar-refractivity contribution in [3.63, 3.8) is 0 Å². The van der Waals surface area contributed by atoms with E-state index in [1.165, 1.54) is 0 Å². The highest BCUT2D eigenvalue weighted by atomic mass is 16.7. The van der Waals surface area contributed by atoms with Crippen LogP contribution in [-0.2, 0) is 14.3 Å². The first-order chi connectivity index (χ1) is 14.7. The van der Waals surface area contributed by atoms with Gasteiger partial charge in [-0.05, 0) is 35.9 Å². The Hall–Kier alpha value is -2.96. The maximum Gasteiger partial charge on any atom is 0.218 e. The summed E-state index contributed by atoms with van der Waals surface area (Å²) in [5, 5.41) is 0. The molecule has 0 radical (unpaired) electrons. The number of hydrogen-bond donors (Lipinski definition) is 0. The molecule has 6 rings (SSSR count). The summed E-state index contributed by atoms with van der Waals surface area (Å²) in [6.45, 7) is 0.343. The van der Waals surface area contributed by atoms with Gasteiger partial charge in [-0.3, -0.25) is 9.59 Å². The van der Waals surface area contributed by atoms with Gasteiger partial charge in [-0.25, -0.2) is 0 Å². The summed E-state index contributed by atoms with van der Waals surface area (Å²) in [5.74, 6) is 0.0442. The van der Waals surface area contributed by atoms with Crippen molar-refractivity contribution in [3.05, 3.63) is 65.7 Å². The van der Waals surface area contributed by atoms with Crippen LogP contribution in [0.3, 0.4) is 0 Å². The van der Waals surface area contributed by atoms with Gasteiger partial charge in [-0.1, -0.05) is 30.4 Å². The van der Waals surface area contributed by atoms with Gasteiger partial charge in [-0.15, -0.1) is 0 Å². The lowest BCUT2D eigenvalue weighted by atomic mass is 9.77. The van der Waals surface area contributed by atoms with Crippen LogP contribution in [0.2, 0.25) is 0 Å². The van der Waals surface area contributed by atoms with Crippen molar-refractivity contribution in [2.75, 3.05) is 18.6 Å². The molecule has 0 aliphatic carbocycles. The van der Waals surface area contributed by atoms with Crippen molar-refractivity contribution in [1.29, 1.82) is 0 Å². The molecule has 2 aromatic carbocycles. The molecule has 3 saturated heterocycles. The number of benzene rings is 2. The average Bonchev–Trinajstić information content (AvgIpc) is 3.38. The number of Topliss-reactive ketones (excluding diaryl/α,β-unsaturated/α-hetero) is 2. The van der Waals surface area contributed by atoms with Crippen LogP contribution >= 0.6 is 0 Å². The lowest BCUT2D eigenvalue weighted by Crippen LogP contribution is -2.48. The van der Waals surface area contributed by atoms with E-state index in [0.29, 0.717) is 17.9 Å². The molecule has 30 heavy (non-hydrogen) atoms. The molecule has 4 aliphatic rings. The van der Waals surface area contributed by atoms with Gasteiger partial charge < -0.3 is 19.1 Å². The molecular weight excluding hydrogens is 382 g/mol. The number of para-hydroxylation sites is 1. The maximum absolute atomic E-state index is 13.8. The van der Waals surface area contributed by atoms with Gasteiger partial charge in [-0.2, -0.15) is 0 Å². The summed E-state index contributed by atoms with van der Waals surface area (Å²) in [6, 6.07) is 14.5. The lowest BCUT2D eigenvalue weighted by Gasteiger charge is -2.35. The number of fused-ring (bicyclic) bond motifs is 8. The van der Waals surface area contributed by atoms with Crippen molar-refractivity contribution in [1.82, 2.24) is 0 Å². The first-order valence-electron chi connectivity index (χ1n) is 10.2. The Bertz CT molecular complexity index is 1060. The highest BCUT2D eigenvalue weighted by Crippen LogP contribution is 2.51. The fourth-order valence-electron chi connectivity index (χ4n) is 5.50. The van der Waals surface area contributed by atoms with Crippen LogP contribution in [0.1, 0.15) is 15.9 Å². The summed E-state index contributed by atoms with van der Waals surface area (Å²) >= 11 is 0. The van der Waals surface area contributed by atoms with E-state index >= 15 is 0 Å². The number of rotatable bonds is 3. The van der Waals surface area contributed by atoms with E-state index in [1.807, 2.05) is 24.3 Å². The zero-order chi connectivity index (χ0) is 20.4. The minimum Gasteiger partial charge on any atom is -0.497 e. The van der Waals surface area contributed by atoms with E-state index in [-0.39, 0.29) is 35.5 Å². The van der Waals surface area contributed by atoms with E-state index in [9.17, 15) is 9.59 Å². The van der Waals surface area contributed by atoms with E-state index in [1.54, 1.807) is 31.4 Å². The molecule has 2 aromatic rings. The van der Waals surface area contributed by atoms with Crippen LogP contribution in [0, 0.1) is 11.8 Å².